The minimum atomic E-state index is -1.12. The molecule has 1 aromatic heterocycles. The van der Waals surface area contributed by atoms with Crippen LogP contribution in [0.4, 0.5) is 5.13 Å². The fourth-order valence-corrected chi connectivity index (χ4v) is 2.55. The summed E-state index contributed by atoms with van der Waals surface area (Å²) in [5.74, 6) is -0.468. The van der Waals surface area contributed by atoms with Gasteiger partial charge in [-0.15, -0.1) is 11.3 Å². The van der Waals surface area contributed by atoms with Crippen molar-refractivity contribution in [1.82, 2.24) is 4.98 Å². The lowest BCUT2D eigenvalue weighted by Gasteiger charge is -2.26. The predicted octanol–water partition coefficient (Wildman–Crippen LogP) is 2.85. The highest BCUT2D eigenvalue weighted by molar-refractivity contribution is 7.14. The van der Waals surface area contributed by atoms with E-state index >= 15 is 0 Å². The molecule has 0 saturated carbocycles. The van der Waals surface area contributed by atoms with Gasteiger partial charge in [0.15, 0.2) is 16.5 Å². The van der Waals surface area contributed by atoms with E-state index in [0.29, 0.717) is 10.8 Å². The van der Waals surface area contributed by atoms with Gasteiger partial charge in [0, 0.05) is 19.4 Å². The molecule has 0 radical (unpaired) electrons. The van der Waals surface area contributed by atoms with E-state index in [0.717, 1.165) is 5.56 Å². The zero-order chi connectivity index (χ0) is 15.5. The van der Waals surface area contributed by atoms with Gasteiger partial charge in [-0.2, -0.15) is 0 Å². The first-order valence-electron chi connectivity index (χ1n) is 6.36. The molecule has 5 nitrogen and oxygen atoms in total. The summed E-state index contributed by atoms with van der Waals surface area (Å²) < 4.78 is 5.41. The molecule has 2 aromatic rings. The van der Waals surface area contributed by atoms with Gasteiger partial charge in [-0.25, -0.2) is 4.98 Å². The van der Waals surface area contributed by atoms with E-state index in [2.05, 4.69) is 10.3 Å². The number of hydrogen-bond donors (Lipinski definition) is 1. The zero-order valence-electron chi connectivity index (χ0n) is 12.0. The Hall–Kier alpha value is -2.05. The number of Topliss-reactive ketones (excluding diaryl/α,β-unsaturated/α-hetero) is 1. The highest BCUT2D eigenvalue weighted by atomic mass is 32.1. The first-order valence-corrected chi connectivity index (χ1v) is 7.24. The summed E-state index contributed by atoms with van der Waals surface area (Å²) in [6.07, 6.45) is 0. The van der Waals surface area contributed by atoms with Gasteiger partial charge < -0.3 is 4.74 Å². The van der Waals surface area contributed by atoms with Crippen LogP contribution in [0.25, 0.3) is 0 Å². The largest absolute Gasteiger partial charge is 0.364 e. The number of amides is 1. The minimum absolute atomic E-state index is 0.135. The van der Waals surface area contributed by atoms with Gasteiger partial charge in [-0.05, 0) is 12.5 Å². The maximum Gasteiger partial charge on any atom is 0.262 e. The van der Waals surface area contributed by atoms with Crippen LogP contribution in [0, 0.1) is 0 Å². The highest BCUT2D eigenvalue weighted by Gasteiger charge is 2.35. The molecule has 0 aliphatic heterocycles. The fraction of sp³-hybridized carbons (Fsp3) is 0.267. The molecule has 1 atom stereocenters. The topological polar surface area (TPSA) is 68.3 Å². The Morgan fingerprint density at radius 2 is 1.95 bits per heavy atom. The number of aromatic nitrogens is 1. The summed E-state index contributed by atoms with van der Waals surface area (Å²) in [6.45, 7) is 3.13. The zero-order valence-corrected chi connectivity index (χ0v) is 12.9. The molecular weight excluding hydrogens is 288 g/mol. The molecule has 1 aromatic carbocycles. The minimum Gasteiger partial charge on any atom is -0.364 e. The van der Waals surface area contributed by atoms with Crippen LogP contribution in [0.3, 0.4) is 0 Å². The van der Waals surface area contributed by atoms with Gasteiger partial charge in [0.05, 0.1) is 0 Å². The second kappa shape index (κ2) is 6.15. The van der Waals surface area contributed by atoms with E-state index in [4.69, 9.17) is 4.74 Å². The molecule has 0 bridgehead atoms. The van der Waals surface area contributed by atoms with Crippen molar-refractivity contribution in [2.24, 2.45) is 0 Å². The number of rotatable bonds is 5. The number of benzene rings is 1. The van der Waals surface area contributed by atoms with Gasteiger partial charge in [0.1, 0.15) is 5.69 Å². The summed E-state index contributed by atoms with van der Waals surface area (Å²) in [4.78, 5) is 27.8. The van der Waals surface area contributed by atoms with Crippen molar-refractivity contribution in [2.45, 2.75) is 19.4 Å². The van der Waals surface area contributed by atoms with Gasteiger partial charge in [0.25, 0.3) is 5.91 Å². The van der Waals surface area contributed by atoms with Crippen molar-refractivity contribution in [3.05, 3.63) is 47.0 Å². The molecule has 0 spiro atoms. The van der Waals surface area contributed by atoms with Crippen LogP contribution in [-0.4, -0.2) is 23.8 Å². The third-order valence-corrected chi connectivity index (χ3v) is 4.01. The normalized spacial score (nSPS) is 13.5. The molecule has 110 valence electrons. The molecule has 6 heteroatoms. The van der Waals surface area contributed by atoms with Crippen LogP contribution in [0.1, 0.15) is 29.9 Å². The molecule has 0 fully saturated rings. The number of ketones is 1. The Kier molecular flexibility index (Phi) is 4.50. The van der Waals surface area contributed by atoms with E-state index in [-0.39, 0.29) is 11.7 Å². The monoisotopic (exact) mass is 304 g/mol. The molecule has 0 unspecified atom stereocenters. The maximum atomic E-state index is 12.5. The third-order valence-electron chi connectivity index (χ3n) is 3.25. The van der Waals surface area contributed by atoms with Crippen molar-refractivity contribution < 1.29 is 14.3 Å². The van der Waals surface area contributed by atoms with Crippen molar-refractivity contribution in [3.8, 4) is 0 Å². The summed E-state index contributed by atoms with van der Waals surface area (Å²) in [5.41, 5.74) is -0.0361. The van der Waals surface area contributed by atoms with Gasteiger partial charge in [-0.3, -0.25) is 14.9 Å². The number of nitrogens with zero attached hydrogens (tertiary/aromatic N) is 1. The van der Waals surface area contributed by atoms with E-state index in [1.165, 1.54) is 25.4 Å². The lowest BCUT2D eigenvalue weighted by atomic mass is 9.95. The number of thiazole rings is 1. The summed E-state index contributed by atoms with van der Waals surface area (Å²) in [5, 5.41) is 4.69. The SMILES string of the molecule is CO[C@](C)(C(=O)Nc1nc(C(C)=O)cs1)c1ccccc1. The van der Waals surface area contributed by atoms with Crippen LogP contribution in [-0.2, 0) is 15.1 Å². The Morgan fingerprint density at radius 1 is 1.29 bits per heavy atom. The summed E-state index contributed by atoms with van der Waals surface area (Å²) in [7, 11) is 1.48. The predicted molar refractivity (Wildman–Crippen MR) is 81.6 cm³/mol. The van der Waals surface area contributed by atoms with Gasteiger partial charge in [-0.1, -0.05) is 30.3 Å². The number of anilines is 1. The number of methoxy groups -OCH3 is 1. The third kappa shape index (κ3) is 3.17. The molecule has 21 heavy (non-hydrogen) atoms. The number of carbonyl (C=O) groups is 2. The molecule has 1 amide bonds. The fourth-order valence-electron chi connectivity index (χ4n) is 1.81. The molecule has 1 N–H and O–H groups in total. The van der Waals surface area contributed by atoms with Crippen LogP contribution < -0.4 is 5.32 Å². The Balaban J connectivity index is 2.22. The average molecular weight is 304 g/mol. The van der Waals surface area contributed by atoms with E-state index in [1.54, 1.807) is 12.3 Å². The van der Waals surface area contributed by atoms with Crippen LogP contribution in [0.2, 0.25) is 0 Å². The van der Waals surface area contributed by atoms with Crippen molar-refractivity contribution in [3.63, 3.8) is 0 Å². The lowest BCUT2D eigenvalue weighted by Crippen LogP contribution is -2.39. The molecule has 0 aliphatic rings. The van der Waals surface area contributed by atoms with Gasteiger partial charge in [0.2, 0.25) is 0 Å². The first-order chi connectivity index (χ1) is 9.97. The smallest absolute Gasteiger partial charge is 0.262 e. The van der Waals surface area contributed by atoms with Crippen molar-refractivity contribution in [1.29, 1.82) is 0 Å². The van der Waals surface area contributed by atoms with Crippen LogP contribution in [0.5, 0.6) is 0 Å². The number of carbonyl (C=O) groups excluding carboxylic acids is 2. The van der Waals surface area contributed by atoms with Gasteiger partial charge >= 0.3 is 0 Å². The second-order valence-electron chi connectivity index (χ2n) is 4.65. The molecule has 2 rings (SSSR count). The standard InChI is InChI=1S/C15H16N2O3S/c1-10(18)12-9-21-14(16-12)17-13(19)15(2,20-3)11-7-5-4-6-8-11/h4-9H,1-3H3,(H,16,17,19)/t15-/m0/s1. The van der Waals surface area contributed by atoms with E-state index < -0.39 is 5.60 Å². The quantitative estimate of drug-likeness (QED) is 0.862. The van der Waals surface area contributed by atoms with Crippen LogP contribution >= 0.6 is 11.3 Å². The average Bonchev–Trinajstić information content (AvgIpc) is 2.96. The van der Waals surface area contributed by atoms with E-state index in [9.17, 15) is 9.59 Å². The van der Waals surface area contributed by atoms with E-state index in [1.807, 2.05) is 30.3 Å². The summed E-state index contributed by atoms with van der Waals surface area (Å²) >= 11 is 1.21. The molecular formula is C15H16N2O3S. The Morgan fingerprint density at radius 3 is 2.48 bits per heavy atom. The second-order valence-corrected chi connectivity index (χ2v) is 5.51. The number of nitrogens with one attached hydrogen (secondary N) is 1. The van der Waals surface area contributed by atoms with Crippen LogP contribution in [0.15, 0.2) is 35.7 Å². The number of hydrogen-bond acceptors (Lipinski definition) is 5. The highest BCUT2D eigenvalue weighted by Crippen LogP contribution is 2.27. The van der Waals surface area contributed by atoms with Crippen molar-refractivity contribution >= 4 is 28.2 Å². The lowest BCUT2D eigenvalue weighted by molar-refractivity contribution is -0.136. The Bertz CT molecular complexity index is 654. The van der Waals surface area contributed by atoms with Crippen molar-refractivity contribution in [2.75, 3.05) is 12.4 Å². The maximum absolute atomic E-state index is 12.5. The molecule has 1 heterocycles. The molecule has 0 aliphatic carbocycles. The summed E-state index contributed by atoms with van der Waals surface area (Å²) in [6, 6.07) is 9.21. The number of ether oxygens (including phenoxy) is 1. The first kappa shape index (κ1) is 15.3. The Labute approximate surface area is 127 Å². The molecule has 0 saturated heterocycles.